The normalized spacial score (nSPS) is 28.0. The zero-order valence-electron chi connectivity index (χ0n) is 16.1. The van der Waals surface area contributed by atoms with E-state index in [1.54, 1.807) is 35.6 Å². The number of anilines is 1. The number of rotatable bonds is 3. The van der Waals surface area contributed by atoms with Crippen molar-refractivity contribution >= 4 is 16.6 Å². The van der Waals surface area contributed by atoms with Gasteiger partial charge in [-0.3, -0.25) is 10.3 Å². The lowest BCUT2D eigenvalue weighted by Crippen LogP contribution is -2.60. The summed E-state index contributed by atoms with van der Waals surface area (Å²) in [5, 5.41) is 23.9. The van der Waals surface area contributed by atoms with E-state index in [0.29, 0.717) is 23.6 Å². The second-order valence-electron chi connectivity index (χ2n) is 8.01. The van der Waals surface area contributed by atoms with Gasteiger partial charge in [0.05, 0.1) is 23.8 Å². The van der Waals surface area contributed by atoms with Crippen molar-refractivity contribution in [1.29, 1.82) is 0 Å². The van der Waals surface area contributed by atoms with Gasteiger partial charge in [-0.15, -0.1) is 10.2 Å². The van der Waals surface area contributed by atoms with Crippen molar-refractivity contribution in [2.45, 2.75) is 37.1 Å². The molecule has 2 aromatic heterocycles. The number of hydrogen-bond acceptors (Lipinski definition) is 7. The molecular formula is C21H21FN6O. The first-order chi connectivity index (χ1) is 13.9. The van der Waals surface area contributed by atoms with Gasteiger partial charge in [-0.05, 0) is 36.9 Å². The molecule has 4 atom stereocenters. The average molecular weight is 392 g/mol. The summed E-state index contributed by atoms with van der Waals surface area (Å²) >= 11 is 0. The fraction of sp³-hybridized carbons (Fsp3) is 0.333. The molecule has 5 rings (SSSR count). The highest BCUT2D eigenvalue weighted by atomic mass is 19.1. The number of aromatic hydroxyl groups is 1. The Labute approximate surface area is 167 Å². The monoisotopic (exact) mass is 392 g/mol. The van der Waals surface area contributed by atoms with Crippen LogP contribution in [-0.4, -0.2) is 56.1 Å². The Kier molecular flexibility index (Phi) is 3.99. The third-order valence-corrected chi connectivity index (χ3v) is 5.92. The number of phenolic OH excluding ortho intramolecular Hbond substituents is 1. The van der Waals surface area contributed by atoms with Crippen molar-refractivity contribution in [3.8, 4) is 17.1 Å². The van der Waals surface area contributed by atoms with Crippen LogP contribution in [0.4, 0.5) is 10.2 Å². The fourth-order valence-electron chi connectivity index (χ4n) is 4.27. The van der Waals surface area contributed by atoms with E-state index in [1.165, 1.54) is 0 Å². The third kappa shape index (κ3) is 3.00. The van der Waals surface area contributed by atoms with Crippen LogP contribution in [0.2, 0.25) is 0 Å². The molecule has 0 amide bonds. The largest absolute Gasteiger partial charge is 0.507 e. The average Bonchev–Trinajstić information content (AvgIpc) is 3.07. The Bertz CT molecular complexity index is 1100. The van der Waals surface area contributed by atoms with Crippen LogP contribution < -0.4 is 10.2 Å². The molecule has 29 heavy (non-hydrogen) atoms. The molecule has 0 spiro atoms. The highest BCUT2D eigenvalue weighted by molar-refractivity contribution is 5.88. The molecule has 0 radical (unpaired) electrons. The first-order valence-electron chi connectivity index (χ1n) is 9.54. The zero-order valence-corrected chi connectivity index (χ0v) is 16.1. The fourth-order valence-corrected chi connectivity index (χ4v) is 4.27. The predicted octanol–water partition coefficient (Wildman–Crippen LogP) is 2.63. The van der Waals surface area contributed by atoms with E-state index in [9.17, 15) is 9.50 Å². The number of pyridine rings is 1. The van der Waals surface area contributed by atoms with Crippen molar-refractivity contribution in [3.63, 3.8) is 0 Å². The Morgan fingerprint density at radius 3 is 2.90 bits per heavy atom. The van der Waals surface area contributed by atoms with Gasteiger partial charge in [0.25, 0.3) is 0 Å². The molecule has 2 bridgehead atoms. The first-order valence-corrected chi connectivity index (χ1v) is 9.54. The number of hydrogen-bond donors (Lipinski definition) is 2. The van der Waals surface area contributed by atoms with Gasteiger partial charge in [0.1, 0.15) is 11.9 Å². The van der Waals surface area contributed by atoms with E-state index >= 15 is 0 Å². The van der Waals surface area contributed by atoms with Crippen LogP contribution in [0.3, 0.4) is 0 Å². The van der Waals surface area contributed by atoms with E-state index in [1.807, 2.05) is 25.3 Å². The number of benzene rings is 1. The number of piperidine rings is 1. The molecule has 0 saturated carbocycles. The van der Waals surface area contributed by atoms with Crippen LogP contribution in [0.5, 0.6) is 5.75 Å². The summed E-state index contributed by atoms with van der Waals surface area (Å²) in [4.78, 5) is 10.2. The number of nitrogens with one attached hydrogen (secondary N) is 1. The van der Waals surface area contributed by atoms with E-state index in [4.69, 9.17) is 0 Å². The number of alkyl halides is 1. The summed E-state index contributed by atoms with van der Waals surface area (Å²) in [5.41, 5.74) is 0.282. The predicted molar refractivity (Wildman–Crippen MR) is 108 cm³/mol. The maximum absolute atomic E-state index is 14.9. The van der Waals surface area contributed by atoms with Gasteiger partial charge in [0.2, 0.25) is 0 Å². The highest BCUT2D eigenvalue weighted by Crippen LogP contribution is 2.35. The van der Waals surface area contributed by atoms with Crippen LogP contribution in [0.25, 0.3) is 22.2 Å². The molecule has 7 nitrogen and oxygen atoms in total. The van der Waals surface area contributed by atoms with Gasteiger partial charge in [0.15, 0.2) is 11.6 Å². The summed E-state index contributed by atoms with van der Waals surface area (Å²) in [6.07, 6.45) is 8.48. The van der Waals surface area contributed by atoms with Crippen LogP contribution in [0.1, 0.15) is 13.3 Å². The standard InChI is InChI=1S/C21H21FN6O/c1-21-5-3-15(25-21)19(22)16(9-21)28(2)18-11-24-20(27-26-18)14-7-12-4-6-23-10-13(12)8-17(14)29/h3-8,10-11,15-16,19,25,29H,9H2,1-2H3/t15?,16-,19-,21-/m0/s1. The van der Waals surface area contributed by atoms with Crippen molar-refractivity contribution in [3.05, 3.63) is 48.9 Å². The molecule has 2 aliphatic heterocycles. The number of halogens is 1. The van der Waals surface area contributed by atoms with E-state index in [0.717, 1.165) is 10.8 Å². The number of phenols is 1. The number of fused-ring (bicyclic) bond motifs is 3. The molecule has 1 unspecified atom stereocenters. The smallest absolute Gasteiger partial charge is 0.185 e. The number of aromatic nitrogens is 4. The Morgan fingerprint density at radius 1 is 1.24 bits per heavy atom. The second-order valence-corrected chi connectivity index (χ2v) is 8.01. The molecule has 4 heterocycles. The van der Waals surface area contributed by atoms with Crippen molar-refractivity contribution < 1.29 is 9.50 Å². The van der Waals surface area contributed by atoms with Crippen LogP contribution in [0, 0.1) is 0 Å². The van der Waals surface area contributed by atoms with Gasteiger partial charge in [-0.2, -0.15) is 0 Å². The van der Waals surface area contributed by atoms with Crippen LogP contribution >= 0.6 is 0 Å². The first kappa shape index (κ1) is 17.9. The zero-order chi connectivity index (χ0) is 20.2. The topological polar surface area (TPSA) is 87.1 Å². The van der Waals surface area contributed by atoms with Crippen LogP contribution in [-0.2, 0) is 0 Å². The molecule has 8 heteroatoms. The molecule has 2 aliphatic rings. The molecule has 148 valence electrons. The SMILES string of the molecule is CN(c1cnc(-c2cc3ccncc3cc2O)nn1)[C@H]1C[C@]2(C)C=CC(N2)[C@@H]1F. The Balaban J connectivity index is 1.43. The van der Waals surface area contributed by atoms with E-state index in [-0.39, 0.29) is 23.4 Å². The molecule has 0 aliphatic carbocycles. The molecule has 1 aromatic carbocycles. The summed E-state index contributed by atoms with van der Waals surface area (Å²) in [5.74, 6) is 0.871. The molecule has 1 fully saturated rings. The van der Waals surface area contributed by atoms with Crippen molar-refractivity contribution in [1.82, 2.24) is 25.5 Å². The lowest BCUT2D eigenvalue weighted by molar-refractivity contribution is 0.155. The molecule has 1 saturated heterocycles. The van der Waals surface area contributed by atoms with Crippen LogP contribution in [0.15, 0.2) is 48.9 Å². The third-order valence-electron chi connectivity index (χ3n) is 5.92. The molecule has 2 N–H and O–H groups in total. The van der Waals surface area contributed by atoms with Gasteiger partial charge in [0, 0.05) is 30.4 Å². The second kappa shape index (κ2) is 6.45. The van der Waals surface area contributed by atoms with Gasteiger partial charge >= 0.3 is 0 Å². The Hall–Kier alpha value is -3.13. The lowest BCUT2D eigenvalue weighted by Gasteiger charge is -2.43. The maximum Gasteiger partial charge on any atom is 0.185 e. The molecular weight excluding hydrogens is 371 g/mol. The minimum absolute atomic E-state index is 0.0613. The minimum atomic E-state index is -1.05. The van der Waals surface area contributed by atoms with Gasteiger partial charge in [-0.1, -0.05) is 12.2 Å². The minimum Gasteiger partial charge on any atom is -0.507 e. The summed E-state index contributed by atoms with van der Waals surface area (Å²) in [7, 11) is 1.82. The summed E-state index contributed by atoms with van der Waals surface area (Å²) in [6.45, 7) is 2.07. The summed E-state index contributed by atoms with van der Waals surface area (Å²) in [6, 6.07) is 4.68. The van der Waals surface area contributed by atoms with Gasteiger partial charge < -0.3 is 10.0 Å². The van der Waals surface area contributed by atoms with E-state index in [2.05, 4.69) is 32.4 Å². The quantitative estimate of drug-likeness (QED) is 0.663. The van der Waals surface area contributed by atoms with Gasteiger partial charge in [-0.25, -0.2) is 9.37 Å². The van der Waals surface area contributed by atoms with Crippen molar-refractivity contribution in [2.75, 3.05) is 11.9 Å². The Morgan fingerprint density at radius 2 is 2.10 bits per heavy atom. The maximum atomic E-state index is 14.9. The van der Waals surface area contributed by atoms with Crippen molar-refractivity contribution in [2.24, 2.45) is 0 Å². The van der Waals surface area contributed by atoms with E-state index < -0.39 is 6.17 Å². The highest BCUT2D eigenvalue weighted by Gasteiger charge is 2.46. The lowest BCUT2D eigenvalue weighted by atomic mass is 9.87. The summed E-state index contributed by atoms with van der Waals surface area (Å²) < 4.78 is 14.9. The number of nitrogens with zero attached hydrogens (tertiary/aromatic N) is 5. The molecule has 3 aromatic rings.